The number of thiophene rings is 1. The van der Waals surface area contributed by atoms with Gasteiger partial charge in [-0.25, -0.2) is 8.78 Å². The van der Waals surface area contributed by atoms with Gasteiger partial charge in [0, 0.05) is 16.6 Å². The van der Waals surface area contributed by atoms with Gasteiger partial charge in [0.25, 0.3) is 12.3 Å². The van der Waals surface area contributed by atoms with Gasteiger partial charge in [-0.15, -0.1) is 11.3 Å². The number of nitrogen functional groups attached to an aromatic ring is 1. The highest BCUT2D eigenvalue weighted by molar-refractivity contribution is 7.21. The number of halogens is 3. The van der Waals surface area contributed by atoms with Crippen LogP contribution in [0.3, 0.4) is 0 Å². The molecule has 4 nitrogen and oxygen atoms in total. The summed E-state index contributed by atoms with van der Waals surface area (Å²) >= 11 is 7.29. The molecule has 0 saturated carbocycles. The van der Waals surface area contributed by atoms with Gasteiger partial charge in [-0.1, -0.05) is 17.7 Å². The maximum absolute atomic E-state index is 12.0. The fourth-order valence-corrected chi connectivity index (χ4v) is 3.19. The van der Waals surface area contributed by atoms with Gasteiger partial charge in [0.15, 0.2) is 0 Å². The molecule has 0 bridgehead atoms. The summed E-state index contributed by atoms with van der Waals surface area (Å²) < 4.78 is 29.2. The zero-order chi connectivity index (χ0) is 15.4. The Morgan fingerprint density at radius 2 is 2.24 bits per heavy atom. The number of anilines is 1. The predicted molar refractivity (Wildman–Crippen MR) is 80.4 cm³/mol. The number of nitrogens with two attached hydrogens (primary N) is 1. The van der Waals surface area contributed by atoms with Crippen molar-refractivity contribution < 1.29 is 18.3 Å². The summed E-state index contributed by atoms with van der Waals surface area (Å²) in [6.45, 7) is -0.495. The van der Waals surface area contributed by atoms with E-state index in [1.807, 2.05) is 6.07 Å². The van der Waals surface area contributed by atoms with Gasteiger partial charge < -0.3 is 15.8 Å². The minimum absolute atomic E-state index is 0.0155. The van der Waals surface area contributed by atoms with Crippen molar-refractivity contribution in [3.63, 3.8) is 0 Å². The Hall–Kier alpha value is -1.44. The smallest absolute Gasteiger partial charge is 0.263 e. The lowest BCUT2D eigenvalue weighted by Crippen LogP contribution is -2.27. The maximum atomic E-state index is 12.0. The van der Waals surface area contributed by atoms with Gasteiger partial charge in [-0.3, -0.25) is 4.79 Å². The van der Waals surface area contributed by atoms with E-state index in [0.29, 0.717) is 21.0 Å². The van der Waals surface area contributed by atoms with Crippen molar-refractivity contribution in [2.45, 2.75) is 6.43 Å². The van der Waals surface area contributed by atoms with Crippen molar-refractivity contribution in [3.8, 4) is 0 Å². The third-order valence-corrected chi connectivity index (χ3v) is 4.17. The zero-order valence-electron chi connectivity index (χ0n) is 10.9. The summed E-state index contributed by atoms with van der Waals surface area (Å²) in [5.74, 6) is -0.370. The molecule has 8 heteroatoms. The van der Waals surface area contributed by atoms with E-state index in [1.54, 1.807) is 12.1 Å². The minimum atomic E-state index is -2.51. The van der Waals surface area contributed by atoms with Gasteiger partial charge in [0.2, 0.25) is 0 Å². The van der Waals surface area contributed by atoms with Crippen molar-refractivity contribution >= 4 is 44.6 Å². The Morgan fingerprint density at radius 1 is 1.48 bits per heavy atom. The van der Waals surface area contributed by atoms with Gasteiger partial charge in [0.05, 0.1) is 17.3 Å². The first kappa shape index (κ1) is 15.9. The van der Waals surface area contributed by atoms with Crippen molar-refractivity contribution in [2.24, 2.45) is 0 Å². The van der Waals surface area contributed by atoms with Crippen molar-refractivity contribution in [1.29, 1.82) is 0 Å². The van der Waals surface area contributed by atoms with Crippen LogP contribution in [-0.2, 0) is 4.74 Å². The maximum Gasteiger partial charge on any atom is 0.263 e. The molecule has 3 N–H and O–H groups in total. The lowest BCUT2D eigenvalue weighted by molar-refractivity contribution is 0.0188. The topological polar surface area (TPSA) is 64.4 Å². The number of nitrogens with one attached hydrogen (secondary N) is 1. The fraction of sp³-hybridized carbons (Fsp3) is 0.308. The number of amides is 1. The first-order valence-electron chi connectivity index (χ1n) is 6.11. The van der Waals surface area contributed by atoms with Crippen LogP contribution in [0.2, 0.25) is 5.02 Å². The predicted octanol–water partition coefficient (Wildman–Crippen LogP) is 3.15. The molecular weight excluding hydrogens is 322 g/mol. The van der Waals surface area contributed by atoms with E-state index in [2.05, 4.69) is 10.1 Å². The Balaban J connectivity index is 2.00. The highest BCUT2D eigenvalue weighted by atomic mass is 35.5. The number of ether oxygens (including phenoxy) is 1. The summed E-state index contributed by atoms with van der Waals surface area (Å²) in [6.07, 6.45) is -2.51. The summed E-state index contributed by atoms with van der Waals surface area (Å²) in [7, 11) is 0. The molecule has 0 aliphatic rings. The number of benzene rings is 1. The summed E-state index contributed by atoms with van der Waals surface area (Å²) in [5.41, 5.74) is 6.27. The summed E-state index contributed by atoms with van der Waals surface area (Å²) in [5, 5.41) is 3.71. The van der Waals surface area contributed by atoms with Gasteiger partial charge >= 0.3 is 0 Å². The van der Waals surface area contributed by atoms with E-state index in [4.69, 9.17) is 17.3 Å². The lowest BCUT2D eigenvalue weighted by Gasteiger charge is -2.05. The number of hydrogen-bond acceptors (Lipinski definition) is 4. The number of hydrogen-bond donors (Lipinski definition) is 2. The van der Waals surface area contributed by atoms with E-state index in [-0.39, 0.29) is 19.1 Å². The van der Waals surface area contributed by atoms with Gasteiger partial charge in [0.1, 0.15) is 11.5 Å². The molecule has 114 valence electrons. The fourth-order valence-electron chi connectivity index (χ4n) is 1.79. The number of alkyl halides is 2. The number of rotatable bonds is 6. The molecule has 0 unspecified atom stereocenters. The van der Waals surface area contributed by atoms with Crippen LogP contribution < -0.4 is 11.1 Å². The standard InChI is InChI=1S/C13H13ClF2N2O2S/c14-7-2-1-3-8-10(7)11(17)12(21-8)13(19)18-4-5-20-6-9(15)16/h1-3,9H,4-6,17H2,(H,18,19). The van der Waals surface area contributed by atoms with Crippen LogP contribution in [0.4, 0.5) is 14.5 Å². The quantitative estimate of drug-likeness (QED) is 0.798. The van der Waals surface area contributed by atoms with Crippen LogP contribution in [0.15, 0.2) is 18.2 Å². The molecule has 1 aromatic heterocycles. The second kappa shape index (κ2) is 7.02. The Kier molecular flexibility index (Phi) is 5.33. The van der Waals surface area contributed by atoms with E-state index in [1.165, 1.54) is 11.3 Å². The molecule has 0 aliphatic heterocycles. The number of carbonyl (C=O) groups is 1. The molecule has 1 amide bonds. The van der Waals surface area contributed by atoms with Crippen molar-refractivity contribution in [2.75, 3.05) is 25.5 Å². The summed E-state index contributed by atoms with van der Waals surface area (Å²) in [6, 6.07) is 5.30. The average molecular weight is 335 g/mol. The Morgan fingerprint density at radius 3 is 2.90 bits per heavy atom. The monoisotopic (exact) mass is 334 g/mol. The number of carbonyl (C=O) groups excluding carboxylic acids is 1. The minimum Gasteiger partial charge on any atom is -0.397 e. The largest absolute Gasteiger partial charge is 0.397 e. The van der Waals surface area contributed by atoms with E-state index < -0.39 is 13.0 Å². The van der Waals surface area contributed by atoms with Crippen LogP contribution in [-0.4, -0.2) is 32.1 Å². The molecule has 2 rings (SSSR count). The molecular formula is C13H13ClF2N2O2S. The molecule has 2 aromatic rings. The van der Waals surface area contributed by atoms with Crippen LogP contribution >= 0.6 is 22.9 Å². The molecule has 0 aliphatic carbocycles. The molecule has 0 fully saturated rings. The van der Waals surface area contributed by atoms with Crippen LogP contribution in [0.1, 0.15) is 9.67 Å². The molecule has 21 heavy (non-hydrogen) atoms. The second-order valence-corrected chi connectivity index (χ2v) is 5.64. The van der Waals surface area contributed by atoms with Crippen molar-refractivity contribution in [3.05, 3.63) is 28.1 Å². The normalized spacial score (nSPS) is 11.2. The highest BCUT2D eigenvalue weighted by Crippen LogP contribution is 2.37. The van der Waals surface area contributed by atoms with Crippen LogP contribution in [0, 0.1) is 0 Å². The number of fused-ring (bicyclic) bond motifs is 1. The molecule has 0 spiro atoms. The zero-order valence-corrected chi connectivity index (χ0v) is 12.4. The third-order valence-electron chi connectivity index (χ3n) is 2.68. The molecule has 0 radical (unpaired) electrons. The molecule has 1 aromatic carbocycles. The second-order valence-electron chi connectivity index (χ2n) is 4.18. The molecule has 0 saturated heterocycles. The van der Waals surface area contributed by atoms with Crippen molar-refractivity contribution in [1.82, 2.24) is 5.32 Å². The van der Waals surface area contributed by atoms with Crippen LogP contribution in [0.25, 0.3) is 10.1 Å². The van der Waals surface area contributed by atoms with E-state index in [9.17, 15) is 13.6 Å². The Bertz CT molecular complexity index is 648. The highest BCUT2D eigenvalue weighted by Gasteiger charge is 2.17. The lowest BCUT2D eigenvalue weighted by atomic mass is 10.2. The SMILES string of the molecule is Nc1c(C(=O)NCCOCC(F)F)sc2cccc(Cl)c12. The Labute approximate surface area is 128 Å². The summed E-state index contributed by atoms with van der Waals surface area (Å²) in [4.78, 5) is 12.4. The first-order valence-corrected chi connectivity index (χ1v) is 7.30. The van der Waals surface area contributed by atoms with Crippen LogP contribution in [0.5, 0.6) is 0 Å². The molecule has 0 atom stereocenters. The first-order chi connectivity index (χ1) is 10.0. The van der Waals surface area contributed by atoms with E-state index in [0.717, 1.165) is 4.70 Å². The van der Waals surface area contributed by atoms with Gasteiger partial charge in [-0.05, 0) is 12.1 Å². The third kappa shape index (κ3) is 3.81. The molecule has 1 heterocycles. The average Bonchev–Trinajstić information content (AvgIpc) is 2.76. The van der Waals surface area contributed by atoms with Gasteiger partial charge in [-0.2, -0.15) is 0 Å². The van der Waals surface area contributed by atoms with E-state index >= 15 is 0 Å².